The summed E-state index contributed by atoms with van der Waals surface area (Å²) in [5, 5.41) is 18.0. The van der Waals surface area contributed by atoms with E-state index in [4.69, 9.17) is 4.74 Å². The fraction of sp³-hybridized carbons (Fsp3) is 0.353. The second-order valence-corrected chi connectivity index (χ2v) is 7.01. The van der Waals surface area contributed by atoms with Gasteiger partial charge < -0.3 is 9.64 Å². The average molecular weight is 343 g/mol. The number of anilines is 1. The maximum absolute atomic E-state index is 5.19. The van der Waals surface area contributed by atoms with Crippen molar-refractivity contribution in [2.24, 2.45) is 0 Å². The number of hydrogen-bond acceptors (Lipinski definition) is 6. The van der Waals surface area contributed by atoms with Crippen LogP contribution in [0.3, 0.4) is 0 Å². The highest BCUT2D eigenvalue weighted by atomic mass is 32.1. The Morgan fingerprint density at radius 2 is 1.96 bits per heavy atom. The van der Waals surface area contributed by atoms with Crippen LogP contribution in [0, 0.1) is 0 Å². The Morgan fingerprint density at radius 1 is 1.21 bits per heavy atom. The molecule has 0 aliphatic carbocycles. The number of ether oxygens (including phenoxy) is 1. The van der Waals surface area contributed by atoms with Crippen molar-refractivity contribution >= 4 is 17.2 Å². The lowest BCUT2D eigenvalue weighted by Gasteiger charge is -2.13. The highest BCUT2D eigenvalue weighted by Gasteiger charge is 2.12. The van der Waals surface area contributed by atoms with Crippen LogP contribution in [0.2, 0.25) is 0 Å². The number of hydrogen-bond donors (Lipinski definition) is 1. The molecular formula is C17H21N5OS. The molecule has 0 saturated carbocycles. The Labute approximate surface area is 145 Å². The molecule has 2 aromatic heterocycles. The normalized spacial score (nSPS) is 11.0. The smallest absolute Gasteiger partial charge is 0.151 e. The van der Waals surface area contributed by atoms with Gasteiger partial charge in [-0.25, -0.2) is 0 Å². The molecule has 0 atom stereocenters. The van der Waals surface area contributed by atoms with Crippen LogP contribution in [0.4, 0.5) is 5.82 Å². The molecule has 0 radical (unpaired) electrons. The van der Waals surface area contributed by atoms with E-state index in [-0.39, 0.29) is 0 Å². The van der Waals surface area contributed by atoms with E-state index in [1.807, 2.05) is 37.4 Å². The summed E-state index contributed by atoms with van der Waals surface area (Å²) < 4.78 is 5.19. The van der Waals surface area contributed by atoms with E-state index in [0.29, 0.717) is 12.5 Å². The molecule has 2 heterocycles. The Kier molecular flexibility index (Phi) is 4.80. The largest absolute Gasteiger partial charge is 0.497 e. The molecule has 1 aromatic carbocycles. The number of nitrogens with zero attached hydrogens (tertiary/aromatic N) is 4. The van der Waals surface area contributed by atoms with Gasteiger partial charge in [0.1, 0.15) is 15.8 Å². The molecule has 3 aromatic rings. The summed E-state index contributed by atoms with van der Waals surface area (Å²) in [5.74, 6) is 2.13. The van der Waals surface area contributed by atoms with Crippen LogP contribution in [0.5, 0.6) is 5.75 Å². The second kappa shape index (κ2) is 7.00. The van der Waals surface area contributed by atoms with Crippen molar-refractivity contribution in [1.29, 1.82) is 0 Å². The Morgan fingerprint density at radius 3 is 2.58 bits per heavy atom. The van der Waals surface area contributed by atoms with Crippen molar-refractivity contribution in [1.82, 2.24) is 20.4 Å². The quantitative estimate of drug-likeness (QED) is 0.739. The molecule has 0 aliphatic heterocycles. The zero-order valence-corrected chi connectivity index (χ0v) is 15.1. The lowest BCUT2D eigenvalue weighted by Crippen LogP contribution is -2.16. The molecule has 0 saturated heterocycles. The van der Waals surface area contributed by atoms with Crippen LogP contribution in [0.25, 0.3) is 11.3 Å². The Bertz CT molecular complexity index is 793. The van der Waals surface area contributed by atoms with E-state index in [0.717, 1.165) is 32.8 Å². The molecular weight excluding hydrogens is 322 g/mol. The van der Waals surface area contributed by atoms with Gasteiger partial charge in [0.05, 0.1) is 19.3 Å². The van der Waals surface area contributed by atoms with Crippen LogP contribution >= 0.6 is 11.3 Å². The average Bonchev–Trinajstić information content (AvgIpc) is 3.24. The zero-order valence-electron chi connectivity index (χ0n) is 14.3. The topological polar surface area (TPSA) is 66.9 Å². The predicted octanol–water partition coefficient (Wildman–Crippen LogP) is 3.70. The minimum atomic E-state index is 0.411. The third kappa shape index (κ3) is 3.56. The second-order valence-electron chi connectivity index (χ2n) is 5.91. The lowest BCUT2D eigenvalue weighted by atomic mass is 10.1. The molecule has 0 spiro atoms. The predicted molar refractivity (Wildman–Crippen MR) is 96.7 cm³/mol. The number of aromatic amines is 1. The number of methoxy groups -OCH3 is 1. The molecule has 3 rings (SSSR count). The highest BCUT2D eigenvalue weighted by molar-refractivity contribution is 7.11. The molecule has 0 bridgehead atoms. The van der Waals surface area contributed by atoms with Gasteiger partial charge >= 0.3 is 0 Å². The van der Waals surface area contributed by atoms with Crippen LogP contribution in [-0.2, 0) is 6.54 Å². The minimum absolute atomic E-state index is 0.411. The van der Waals surface area contributed by atoms with Gasteiger partial charge in [-0.1, -0.05) is 25.2 Å². The summed E-state index contributed by atoms with van der Waals surface area (Å²) in [6.45, 7) is 4.95. The van der Waals surface area contributed by atoms with E-state index >= 15 is 0 Å². The first kappa shape index (κ1) is 16.4. The number of aromatic nitrogens is 4. The van der Waals surface area contributed by atoms with Crippen molar-refractivity contribution in [2.75, 3.05) is 19.1 Å². The van der Waals surface area contributed by atoms with Crippen molar-refractivity contribution in [3.8, 4) is 17.0 Å². The van der Waals surface area contributed by atoms with Crippen LogP contribution in [0.1, 0.15) is 29.8 Å². The highest BCUT2D eigenvalue weighted by Crippen LogP contribution is 2.25. The third-order valence-corrected chi connectivity index (χ3v) is 4.91. The molecule has 1 N–H and O–H groups in total. The van der Waals surface area contributed by atoms with E-state index in [9.17, 15) is 0 Å². The Hall–Kier alpha value is -2.41. The van der Waals surface area contributed by atoms with E-state index in [1.54, 1.807) is 18.4 Å². The molecule has 0 unspecified atom stereocenters. The number of nitrogens with one attached hydrogen (secondary N) is 1. The minimum Gasteiger partial charge on any atom is -0.497 e. The standard InChI is InChI=1S/C17H21N5OS/c1-11(2)17-21-20-16(24-17)10-22(3)15-9-14(18-19-15)12-5-7-13(23-4)8-6-12/h5-9,11H,10H2,1-4H3,(H,18,19). The fourth-order valence-corrected chi connectivity index (χ4v) is 3.17. The SMILES string of the molecule is COc1ccc(-c2cc(N(C)Cc3nnc(C(C)C)s3)n[nH]2)cc1. The number of H-pyrrole nitrogens is 1. The van der Waals surface area contributed by atoms with Crippen molar-refractivity contribution < 1.29 is 4.74 Å². The fourth-order valence-electron chi connectivity index (χ4n) is 2.27. The van der Waals surface area contributed by atoms with Crippen LogP contribution in [-0.4, -0.2) is 34.6 Å². The molecule has 0 fully saturated rings. The summed E-state index contributed by atoms with van der Waals surface area (Å²) >= 11 is 1.66. The number of benzene rings is 1. The van der Waals surface area contributed by atoms with E-state index in [1.165, 1.54) is 0 Å². The molecule has 24 heavy (non-hydrogen) atoms. The molecule has 7 heteroatoms. The summed E-state index contributed by atoms with van der Waals surface area (Å²) in [5.41, 5.74) is 2.04. The van der Waals surface area contributed by atoms with Gasteiger partial charge in [0.15, 0.2) is 5.82 Å². The molecule has 0 aliphatic rings. The van der Waals surface area contributed by atoms with Gasteiger partial charge in [-0.15, -0.1) is 10.2 Å². The molecule has 6 nitrogen and oxygen atoms in total. The number of rotatable bonds is 6. The van der Waals surface area contributed by atoms with Crippen LogP contribution < -0.4 is 9.64 Å². The van der Waals surface area contributed by atoms with E-state index < -0.39 is 0 Å². The maximum atomic E-state index is 5.19. The van der Waals surface area contributed by atoms with Gasteiger partial charge in [-0.2, -0.15) is 5.10 Å². The maximum Gasteiger partial charge on any atom is 0.151 e. The van der Waals surface area contributed by atoms with Crippen molar-refractivity contribution in [3.05, 3.63) is 40.3 Å². The summed E-state index contributed by atoms with van der Waals surface area (Å²) in [6, 6.07) is 9.93. The van der Waals surface area contributed by atoms with Crippen molar-refractivity contribution in [2.45, 2.75) is 26.3 Å². The van der Waals surface area contributed by atoms with E-state index in [2.05, 4.69) is 39.1 Å². The summed E-state index contributed by atoms with van der Waals surface area (Å²) in [6.07, 6.45) is 0. The first-order valence-corrected chi connectivity index (χ1v) is 8.61. The van der Waals surface area contributed by atoms with Gasteiger partial charge in [0.2, 0.25) is 0 Å². The monoisotopic (exact) mass is 343 g/mol. The van der Waals surface area contributed by atoms with Crippen molar-refractivity contribution in [3.63, 3.8) is 0 Å². The lowest BCUT2D eigenvalue weighted by molar-refractivity contribution is 0.415. The zero-order chi connectivity index (χ0) is 17.1. The first-order chi connectivity index (χ1) is 11.6. The van der Waals surface area contributed by atoms with Gasteiger partial charge in [0, 0.05) is 19.0 Å². The summed E-state index contributed by atoms with van der Waals surface area (Å²) in [4.78, 5) is 2.06. The molecule has 126 valence electrons. The molecule has 0 amide bonds. The third-order valence-electron chi connectivity index (χ3n) is 3.71. The summed E-state index contributed by atoms with van der Waals surface area (Å²) in [7, 11) is 3.67. The van der Waals surface area contributed by atoms with Gasteiger partial charge in [0.25, 0.3) is 0 Å². The van der Waals surface area contributed by atoms with Gasteiger partial charge in [-0.3, -0.25) is 5.10 Å². The van der Waals surface area contributed by atoms with Crippen LogP contribution in [0.15, 0.2) is 30.3 Å². The first-order valence-electron chi connectivity index (χ1n) is 7.80. The van der Waals surface area contributed by atoms with Gasteiger partial charge in [-0.05, 0) is 29.8 Å². The Balaban J connectivity index is 1.71.